The van der Waals surface area contributed by atoms with Crippen LogP contribution in [0.2, 0.25) is 0 Å². The van der Waals surface area contributed by atoms with Crippen LogP contribution in [0.4, 0.5) is 0 Å². The van der Waals surface area contributed by atoms with E-state index < -0.39 is 0 Å². The molecule has 10 heavy (non-hydrogen) atoms. The highest BCUT2D eigenvalue weighted by Gasteiger charge is 1.91. The monoisotopic (exact) mass is 134 g/mol. The Kier molecular flexibility index (Phi) is 2.05. The number of nitrogens with one attached hydrogen (secondary N) is 1. The predicted octanol–water partition coefficient (Wildman–Crippen LogP) is 1.27. The highest BCUT2D eigenvalue weighted by atomic mass is 14.8. The largest absolute Gasteiger partial charge is 0.388 e. The molecule has 0 aromatic carbocycles. The maximum atomic E-state index is 3.95. The molecule has 1 rings (SSSR count). The smallest absolute Gasteiger partial charge is 0.0360 e. The average Bonchev–Trinajstić information content (AvgIpc) is 2.05. The molecular formula is C8H10N2. The summed E-state index contributed by atoms with van der Waals surface area (Å²) in [7, 11) is 1.84. The summed E-state index contributed by atoms with van der Waals surface area (Å²) in [5, 5.41) is 2.95. The molecule has 2 nitrogen and oxygen atoms in total. The van der Waals surface area contributed by atoms with Gasteiger partial charge in [-0.2, -0.15) is 0 Å². The maximum absolute atomic E-state index is 3.95. The van der Waals surface area contributed by atoms with Gasteiger partial charge in [0.1, 0.15) is 0 Å². The van der Waals surface area contributed by atoms with E-state index in [2.05, 4.69) is 16.9 Å². The van der Waals surface area contributed by atoms with Gasteiger partial charge < -0.3 is 5.32 Å². The number of hydrogen-bond acceptors (Lipinski definition) is 2. The molecule has 0 aliphatic rings. The first kappa shape index (κ1) is 6.81. The molecule has 1 aromatic rings. The Labute approximate surface area is 60.6 Å². The molecule has 2 heteroatoms. The molecule has 0 fully saturated rings. The third-order valence-corrected chi connectivity index (χ3v) is 1.31. The van der Waals surface area contributed by atoms with Gasteiger partial charge in [0.05, 0.1) is 0 Å². The predicted molar refractivity (Wildman–Crippen MR) is 42.3 cm³/mol. The second-order valence-corrected chi connectivity index (χ2v) is 1.97. The van der Waals surface area contributed by atoms with Crippen molar-refractivity contribution in [3.05, 3.63) is 36.7 Å². The number of aromatic nitrogens is 1. The lowest BCUT2D eigenvalue weighted by molar-refractivity contribution is 1.12. The fourth-order valence-corrected chi connectivity index (χ4v) is 0.686. The average molecular weight is 134 g/mol. The summed E-state index contributed by atoms with van der Waals surface area (Å²) in [6, 6.07) is 3.85. The van der Waals surface area contributed by atoms with E-state index in [1.807, 2.05) is 19.2 Å². The Balaban J connectivity index is 2.85. The molecule has 52 valence electrons. The molecule has 0 amide bonds. The number of nitrogens with zero attached hydrogens (tertiary/aromatic N) is 1. The summed E-state index contributed by atoms with van der Waals surface area (Å²) in [4.78, 5) is 3.95. The molecule has 1 heterocycles. The lowest BCUT2D eigenvalue weighted by Crippen LogP contribution is -2.02. The lowest BCUT2D eigenvalue weighted by atomic mass is 10.2. The van der Waals surface area contributed by atoms with Gasteiger partial charge in [-0.05, 0) is 12.1 Å². The van der Waals surface area contributed by atoms with E-state index in [-0.39, 0.29) is 0 Å². The normalized spacial score (nSPS) is 8.90. The first-order valence-electron chi connectivity index (χ1n) is 3.11. The summed E-state index contributed by atoms with van der Waals surface area (Å²) in [5.41, 5.74) is 1.93. The zero-order valence-corrected chi connectivity index (χ0v) is 5.96. The van der Waals surface area contributed by atoms with E-state index in [4.69, 9.17) is 0 Å². The Morgan fingerprint density at radius 3 is 3.00 bits per heavy atom. The van der Waals surface area contributed by atoms with Crippen LogP contribution in [-0.4, -0.2) is 12.0 Å². The summed E-state index contributed by atoms with van der Waals surface area (Å²) in [5.74, 6) is 0. The summed E-state index contributed by atoms with van der Waals surface area (Å²) in [6.45, 7) is 3.79. The molecule has 0 saturated heterocycles. The fourth-order valence-electron chi connectivity index (χ4n) is 0.686. The highest BCUT2D eigenvalue weighted by Crippen LogP contribution is 2.04. The second-order valence-electron chi connectivity index (χ2n) is 1.97. The Morgan fingerprint density at radius 2 is 2.50 bits per heavy atom. The van der Waals surface area contributed by atoms with Crippen LogP contribution in [0.3, 0.4) is 0 Å². The van der Waals surface area contributed by atoms with Crippen LogP contribution in [0, 0.1) is 0 Å². The van der Waals surface area contributed by atoms with Gasteiger partial charge in [-0.25, -0.2) is 0 Å². The molecule has 0 aliphatic heterocycles. The van der Waals surface area contributed by atoms with Gasteiger partial charge in [0.15, 0.2) is 0 Å². The standard InChI is InChI=1S/C8H10N2/c1-7(9-2)8-4-3-5-10-6-8/h3-6,9H,1H2,2H3. The SMILES string of the molecule is C=C(NC)c1cccnc1. The van der Waals surface area contributed by atoms with Crippen molar-refractivity contribution in [1.82, 2.24) is 10.3 Å². The molecule has 0 unspecified atom stereocenters. The van der Waals surface area contributed by atoms with E-state index in [9.17, 15) is 0 Å². The van der Waals surface area contributed by atoms with Crippen LogP contribution < -0.4 is 5.32 Å². The van der Waals surface area contributed by atoms with Gasteiger partial charge in [0.25, 0.3) is 0 Å². The minimum atomic E-state index is 0.896. The second kappa shape index (κ2) is 3.01. The number of hydrogen-bond donors (Lipinski definition) is 1. The summed E-state index contributed by atoms with van der Waals surface area (Å²) >= 11 is 0. The van der Waals surface area contributed by atoms with Gasteiger partial charge in [0, 0.05) is 30.7 Å². The van der Waals surface area contributed by atoms with Crippen molar-refractivity contribution in [3.63, 3.8) is 0 Å². The maximum Gasteiger partial charge on any atom is 0.0360 e. The first-order valence-corrected chi connectivity index (χ1v) is 3.11. The van der Waals surface area contributed by atoms with E-state index in [1.54, 1.807) is 12.4 Å². The third kappa shape index (κ3) is 1.35. The van der Waals surface area contributed by atoms with Crippen molar-refractivity contribution in [3.8, 4) is 0 Å². The summed E-state index contributed by atoms with van der Waals surface area (Å²) < 4.78 is 0. The fraction of sp³-hybridized carbons (Fsp3) is 0.125. The number of pyridine rings is 1. The molecule has 0 radical (unpaired) electrons. The Bertz CT molecular complexity index is 216. The van der Waals surface area contributed by atoms with Gasteiger partial charge in [-0.15, -0.1) is 0 Å². The molecule has 0 saturated carbocycles. The van der Waals surface area contributed by atoms with Crippen LogP contribution in [0.25, 0.3) is 5.70 Å². The molecular weight excluding hydrogens is 124 g/mol. The van der Waals surface area contributed by atoms with Crippen molar-refractivity contribution < 1.29 is 0 Å². The van der Waals surface area contributed by atoms with Gasteiger partial charge in [-0.1, -0.05) is 6.58 Å². The van der Waals surface area contributed by atoms with Crippen LogP contribution in [-0.2, 0) is 0 Å². The quantitative estimate of drug-likeness (QED) is 0.659. The zero-order chi connectivity index (χ0) is 7.40. The zero-order valence-electron chi connectivity index (χ0n) is 5.96. The van der Waals surface area contributed by atoms with Crippen molar-refractivity contribution in [2.24, 2.45) is 0 Å². The van der Waals surface area contributed by atoms with Crippen LogP contribution in [0.15, 0.2) is 31.1 Å². The van der Waals surface area contributed by atoms with E-state index >= 15 is 0 Å². The van der Waals surface area contributed by atoms with Crippen LogP contribution in [0.1, 0.15) is 5.56 Å². The minimum absolute atomic E-state index is 0.896. The molecule has 0 bridgehead atoms. The highest BCUT2D eigenvalue weighted by molar-refractivity contribution is 5.59. The first-order chi connectivity index (χ1) is 4.84. The van der Waals surface area contributed by atoms with E-state index in [1.165, 1.54) is 0 Å². The molecule has 0 spiro atoms. The van der Waals surface area contributed by atoms with E-state index in [0.29, 0.717) is 0 Å². The van der Waals surface area contributed by atoms with Crippen molar-refractivity contribution in [2.75, 3.05) is 7.05 Å². The summed E-state index contributed by atoms with van der Waals surface area (Å²) in [6.07, 6.45) is 3.52. The van der Waals surface area contributed by atoms with Gasteiger partial charge in [-0.3, -0.25) is 4.98 Å². The topological polar surface area (TPSA) is 24.9 Å². The molecule has 1 N–H and O–H groups in total. The van der Waals surface area contributed by atoms with Gasteiger partial charge in [0.2, 0.25) is 0 Å². The van der Waals surface area contributed by atoms with E-state index in [0.717, 1.165) is 11.3 Å². The van der Waals surface area contributed by atoms with Crippen LogP contribution in [0.5, 0.6) is 0 Å². The third-order valence-electron chi connectivity index (χ3n) is 1.31. The lowest BCUT2D eigenvalue weighted by Gasteiger charge is -2.01. The van der Waals surface area contributed by atoms with Crippen molar-refractivity contribution >= 4 is 5.70 Å². The molecule has 1 aromatic heterocycles. The van der Waals surface area contributed by atoms with Crippen LogP contribution >= 0.6 is 0 Å². The Morgan fingerprint density at radius 1 is 1.70 bits per heavy atom. The molecule has 0 aliphatic carbocycles. The Hall–Kier alpha value is -1.31. The minimum Gasteiger partial charge on any atom is -0.388 e. The number of rotatable bonds is 2. The molecule has 0 atom stereocenters. The van der Waals surface area contributed by atoms with Crippen molar-refractivity contribution in [1.29, 1.82) is 0 Å². The van der Waals surface area contributed by atoms with Gasteiger partial charge >= 0.3 is 0 Å². The van der Waals surface area contributed by atoms with Crippen molar-refractivity contribution in [2.45, 2.75) is 0 Å².